The fraction of sp³-hybridized carbons (Fsp3) is 0.0667. The van der Waals surface area contributed by atoms with Gasteiger partial charge in [0.25, 0.3) is 0 Å². The van der Waals surface area contributed by atoms with Gasteiger partial charge in [0.15, 0.2) is 0 Å². The first-order chi connectivity index (χ1) is 7.40. The summed E-state index contributed by atoms with van der Waals surface area (Å²) in [7, 11) is 0. The molecule has 3 rings (SSSR count). The molecule has 0 radical (unpaired) electrons. The second-order valence-corrected chi connectivity index (χ2v) is 3.91. The molecule has 0 nitrogen and oxygen atoms in total. The van der Waals surface area contributed by atoms with E-state index in [2.05, 4.69) is 55.1 Å². The monoisotopic (exact) mass is 200 g/mol. The summed E-state index contributed by atoms with van der Waals surface area (Å²) in [6, 6.07) is 12.9. The first kappa shape index (κ1) is 11.3. The van der Waals surface area contributed by atoms with Crippen LogP contribution in [0.15, 0.2) is 55.1 Å². The van der Waals surface area contributed by atoms with Gasteiger partial charge in [0.05, 0.1) is 0 Å². The predicted molar refractivity (Wildman–Crippen MR) is 73.1 cm³/mol. The first-order valence-electron chi connectivity index (χ1n) is 5.22. The Hall–Kier alpha value is -1.22. The van der Waals surface area contributed by atoms with Crippen LogP contribution in [0.3, 0.4) is 0 Å². The summed E-state index contributed by atoms with van der Waals surface area (Å²) in [5.41, 5.74) is 2.70. The van der Waals surface area contributed by atoms with Crippen LogP contribution in [-0.4, -0.2) is 18.9 Å². The summed E-state index contributed by atoms with van der Waals surface area (Å²) < 4.78 is 0. The van der Waals surface area contributed by atoms with Crippen molar-refractivity contribution in [3.63, 3.8) is 0 Å². The van der Waals surface area contributed by atoms with Crippen molar-refractivity contribution in [2.24, 2.45) is 0 Å². The molecule has 1 atom stereocenters. The molecule has 2 aromatic rings. The van der Waals surface area contributed by atoms with E-state index in [1.165, 1.54) is 21.9 Å². The third-order valence-corrected chi connectivity index (χ3v) is 3.07. The van der Waals surface area contributed by atoms with Gasteiger partial charge < -0.3 is 0 Å². The maximum absolute atomic E-state index is 3.89. The Balaban J connectivity index is 0.000000963. The Morgan fingerprint density at radius 3 is 2.56 bits per heavy atom. The average Bonchev–Trinajstić information content (AvgIpc) is 2.30. The van der Waals surface area contributed by atoms with E-state index in [4.69, 9.17) is 0 Å². The SMILES string of the molecule is C=CC1C=Cc2cccc3cccc1c23.[LiH]. The Morgan fingerprint density at radius 2 is 1.81 bits per heavy atom. The van der Waals surface area contributed by atoms with Crippen LogP contribution in [0, 0.1) is 0 Å². The van der Waals surface area contributed by atoms with Crippen molar-refractivity contribution in [1.29, 1.82) is 0 Å². The van der Waals surface area contributed by atoms with Crippen LogP contribution in [0.2, 0.25) is 0 Å². The number of rotatable bonds is 1. The molecule has 1 aliphatic rings. The van der Waals surface area contributed by atoms with E-state index in [0.29, 0.717) is 5.92 Å². The molecule has 0 amide bonds. The van der Waals surface area contributed by atoms with Gasteiger partial charge in [-0.15, -0.1) is 6.58 Å². The van der Waals surface area contributed by atoms with Crippen molar-refractivity contribution in [1.82, 2.24) is 0 Å². The number of hydrogen-bond acceptors (Lipinski definition) is 0. The van der Waals surface area contributed by atoms with Gasteiger partial charge in [0.2, 0.25) is 0 Å². The molecule has 1 unspecified atom stereocenters. The van der Waals surface area contributed by atoms with E-state index < -0.39 is 0 Å². The van der Waals surface area contributed by atoms with Gasteiger partial charge in [-0.3, -0.25) is 0 Å². The van der Waals surface area contributed by atoms with E-state index in [1.807, 2.05) is 6.08 Å². The van der Waals surface area contributed by atoms with Crippen LogP contribution >= 0.6 is 0 Å². The minimum atomic E-state index is 0. The molecular weight excluding hydrogens is 187 g/mol. The molecule has 16 heavy (non-hydrogen) atoms. The van der Waals surface area contributed by atoms with Gasteiger partial charge in [-0.25, -0.2) is 0 Å². The van der Waals surface area contributed by atoms with Gasteiger partial charge in [-0.05, 0) is 21.9 Å². The molecule has 0 bridgehead atoms. The van der Waals surface area contributed by atoms with E-state index in [0.717, 1.165) is 0 Å². The van der Waals surface area contributed by atoms with Crippen LogP contribution in [0.5, 0.6) is 0 Å². The van der Waals surface area contributed by atoms with Gasteiger partial charge in [0.1, 0.15) is 0 Å². The van der Waals surface area contributed by atoms with Crippen molar-refractivity contribution in [3.05, 3.63) is 66.3 Å². The standard InChI is InChI=1S/C15H12.Li.H/c1-2-11-9-10-13-6-3-5-12-7-4-8-14(11)15(12)13;;/h2-11H,1H2;;. The average molecular weight is 200 g/mol. The summed E-state index contributed by atoms with van der Waals surface area (Å²) in [5.74, 6) is 0.364. The van der Waals surface area contributed by atoms with Crippen molar-refractivity contribution in [2.75, 3.05) is 0 Å². The van der Waals surface area contributed by atoms with Crippen molar-refractivity contribution < 1.29 is 0 Å². The quantitative estimate of drug-likeness (QED) is 0.488. The van der Waals surface area contributed by atoms with E-state index in [9.17, 15) is 0 Å². The summed E-state index contributed by atoms with van der Waals surface area (Å²) >= 11 is 0. The van der Waals surface area contributed by atoms with E-state index >= 15 is 0 Å². The summed E-state index contributed by atoms with van der Waals surface area (Å²) in [6.07, 6.45) is 6.41. The van der Waals surface area contributed by atoms with E-state index in [1.54, 1.807) is 0 Å². The van der Waals surface area contributed by atoms with Crippen LogP contribution in [-0.2, 0) is 0 Å². The third-order valence-electron chi connectivity index (χ3n) is 3.07. The molecule has 0 aromatic heterocycles. The Bertz CT molecular complexity index is 561. The van der Waals surface area contributed by atoms with Gasteiger partial charge in [-0.2, -0.15) is 0 Å². The third kappa shape index (κ3) is 1.55. The van der Waals surface area contributed by atoms with Gasteiger partial charge in [-0.1, -0.05) is 54.6 Å². The van der Waals surface area contributed by atoms with Crippen LogP contribution < -0.4 is 0 Å². The molecule has 0 saturated carbocycles. The van der Waals surface area contributed by atoms with E-state index in [-0.39, 0.29) is 18.9 Å². The summed E-state index contributed by atoms with van der Waals surface area (Å²) in [6.45, 7) is 3.89. The fourth-order valence-corrected chi connectivity index (χ4v) is 2.33. The van der Waals surface area contributed by atoms with Gasteiger partial charge >= 0.3 is 18.9 Å². The minimum absolute atomic E-state index is 0. The van der Waals surface area contributed by atoms with Crippen molar-refractivity contribution >= 4 is 35.7 Å². The molecule has 1 heteroatoms. The maximum atomic E-state index is 3.89. The van der Waals surface area contributed by atoms with Crippen molar-refractivity contribution in [3.8, 4) is 0 Å². The molecule has 2 aromatic carbocycles. The summed E-state index contributed by atoms with van der Waals surface area (Å²) in [5, 5.41) is 2.70. The van der Waals surface area contributed by atoms with Crippen LogP contribution in [0.4, 0.5) is 0 Å². The molecule has 0 spiro atoms. The normalized spacial score (nSPS) is 16.9. The molecule has 0 aliphatic heterocycles. The zero-order chi connectivity index (χ0) is 10.3. The van der Waals surface area contributed by atoms with Crippen LogP contribution in [0.1, 0.15) is 17.0 Å². The number of allylic oxidation sites excluding steroid dienone is 2. The molecular formula is C15H13Li. The van der Waals surface area contributed by atoms with Crippen molar-refractivity contribution in [2.45, 2.75) is 5.92 Å². The van der Waals surface area contributed by atoms with Crippen LogP contribution in [0.25, 0.3) is 16.8 Å². The predicted octanol–water partition coefficient (Wildman–Crippen LogP) is 3.49. The molecule has 74 valence electrons. The second kappa shape index (κ2) is 4.34. The molecule has 0 heterocycles. The topological polar surface area (TPSA) is 0 Å². The fourth-order valence-electron chi connectivity index (χ4n) is 2.33. The zero-order valence-corrected chi connectivity index (χ0v) is 8.48. The first-order valence-corrected chi connectivity index (χ1v) is 5.22. The second-order valence-electron chi connectivity index (χ2n) is 3.91. The molecule has 0 fully saturated rings. The van der Waals surface area contributed by atoms with Gasteiger partial charge in [0, 0.05) is 5.92 Å². The Labute approximate surface area is 108 Å². The Kier molecular flexibility index (Phi) is 3.05. The number of benzene rings is 2. The molecule has 0 saturated heterocycles. The zero-order valence-electron chi connectivity index (χ0n) is 8.48. The molecule has 0 N–H and O–H groups in total. The summed E-state index contributed by atoms with van der Waals surface area (Å²) in [4.78, 5) is 0. The Morgan fingerprint density at radius 1 is 1.06 bits per heavy atom. The molecule has 1 aliphatic carbocycles. The number of hydrogen-bond donors (Lipinski definition) is 0.